The molecule has 0 spiro atoms. The summed E-state index contributed by atoms with van der Waals surface area (Å²) in [6, 6.07) is 7.83. The number of nitrogens with zero attached hydrogens (tertiary/aromatic N) is 2. The van der Waals surface area contributed by atoms with Gasteiger partial charge in [-0.2, -0.15) is 0 Å². The second-order valence-corrected chi connectivity index (χ2v) is 4.51. The molecule has 90 valence electrons. The lowest BCUT2D eigenvalue weighted by Gasteiger charge is -2.19. The topological polar surface area (TPSA) is 63.1 Å². The van der Waals surface area contributed by atoms with Crippen molar-refractivity contribution in [1.82, 2.24) is 10.2 Å². The smallest absolute Gasteiger partial charge is 0.339 e. The minimum absolute atomic E-state index is 0.0411. The zero-order valence-corrected chi connectivity index (χ0v) is 10.1. The summed E-state index contributed by atoms with van der Waals surface area (Å²) in [4.78, 5) is 11.3. The maximum atomic E-state index is 11.3. The fraction of sp³-hybridized carbons (Fsp3) is 0.154. The van der Waals surface area contributed by atoms with Gasteiger partial charge in [-0.15, -0.1) is 10.2 Å². The number of rotatable bonds is 1. The number of carboxylic acid groups (broad SMARTS) is 1. The molecule has 5 heteroatoms. The first-order chi connectivity index (χ1) is 8.68. The van der Waals surface area contributed by atoms with Gasteiger partial charge in [0.15, 0.2) is 5.15 Å². The molecule has 3 rings (SSSR count). The lowest BCUT2D eigenvalue weighted by Crippen LogP contribution is -2.14. The Kier molecular flexibility index (Phi) is 2.52. The molecule has 1 heterocycles. The van der Waals surface area contributed by atoms with Gasteiger partial charge in [0.25, 0.3) is 0 Å². The van der Waals surface area contributed by atoms with Crippen molar-refractivity contribution >= 4 is 17.6 Å². The summed E-state index contributed by atoms with van der Waals surface area (Å²) in [5, 5.41) is 17.0. The Balaban J connectivity index is 2.31. The van der Waals surface area contributed by atoms with Crippen LogP contribution in [0, 0.1) is 0 Å². The summed E-state index contributed by atoms with van der Waals surface area (Å²) in [7, 11) is 0. The quantitative estimate of drug-likeness (QED) is 0.856. The average molecular weight is 261 g/mol. The van der Waals surface area contributed by atoms with Crippen molar-refractivity contribution in [3.8, 4) is 11.3 Å². The van der Waals surface area contributed by atoms with Crippen molar-refractivity contribution in [2.75, 3.05) is 0 Å². The molecule has 0 saturated carbocycles. The van der Waals surface area contributed by atoms with Crippen molar-refractivity contribution in [1.29, 1.82) is 0 Å². The van der Waals surface area contributed by atoms with E-state index < -0.39 is 5.97 Å². The SMILES string of the molecule is O=C(O)c1c(Cl)nnc2c1CCc1ccccc1-2. The summed E-state index contributed by atoms with van der Waals surface area (Å²) in [5.74, 6) is -1.05. The van der Waals surface area contributed by atoms with Gasteiger partial charge in [0.1, 0.15) is 5.56 Å². The number of aryl methyl sites for hydroxylation is 1. The first-order valence-corrected chi connectivity index (χ1v) is 5.93. The molecule has 1 N–H and O–H groups in total. The van der Waals surface area contributed by atoms with Crippen LogP contribution in [0.1, 0.15) is 21.5 Å². The van der Waals surface area contributed by atoms with Crippen molar-refractivity contribution < 1.29 is 9.90 Å². The van der Waals surface area contributed by atoms with E-state index in [9.17, 15) is 9.90 Å². The van der Waals surface area contributed by atoms with Gasteiger partial charge in [-0.25, -0.2) is 4.79 Å². The van der Waals surface area contributed by atoms with Crippen LogP contribution in [0.3, 0.4) is 0 Å². The molecular formula is C13H9ClN2O2. The van der Waals surface area contributed by atoms with Crippen LogP contribution in [0.15, 0.2) is 24.3 Å². The van der Waals surface area contributed by atoms with Gasteiger partial charge in [-0.1, -0.05) is 35.9 Å². The van der Waals surface area contributed by atoms with Crippen molar-refractivity contribution in [3.05, 3.63) is 46.1 Å². The zero-order chi connectivity index (χ0) is 12.7. The van der Waals surface area contributed by atoms with Crippen LogP contribution in [0.2, 0.25) is 5.15 Å². The van der Waals surface area contributed by atoms with Gasteiger partial charge in [-0.05, 0) is 24.0 Å². The Morgan fingerprint density at radius 2 is 2.00 bits per heavy atom. The van der Waals surface area contributed by atoms with E-state index in [4.69, 9.17) is 11.6 Å². The number of aromatic carboxylic acids is 1. The minimum atomic E-state index is -1.05. The fourth-order valence-corrected chi connectivity index (χ4v) is 2.59. The Hall–Kier alpha value is -1.94. The molecule has 0 bridgehead atoms. The molecule has 0 atom stereocenters. The van der Waals surface area contributed by atoms with E-state index in [1.165, 1.54) is 0 Å². The summed E-state index contributed by atoms with van der Waals surface area (Å²) >= 11 is 5.83. The largest absolute Gasteiger partial charge is 0.478 e. The van der Waals surface area contributed by atoms with Gasteiger partial charge >= 0.3 is 5.97 Å². The second-order valence-electron chi connectivity index (χ2n) is 4.16. The Labute approximate surface area is 108 Å². The van der Waals surface area contributed by atoms with E-state index in [-0.39, 0.29) is 10.7 Å². The summed E-state index contributed by atoms with van der Waals surface area (Å²) < 4.78 is 0. The van der Waals surface area contributed by atoms with Gasteiger partial charge in [0.2, 0.25) is 0 Å². The number of hydrogen-bond acceptors (Lipinski definition) is 3. The molecule has 1 aliphatic rings. The third-order valence-corrected chi connectivity index (χ3v) is 3.43. The van der Waals surface area contributed by atoms with Gasteiger partial charge in [-0.3, -0.25) is 0 Å². The number of fused-ring (bicyclic) bond motifs is 3. The molecule has 0 aliphatic heterocycles. The van der Waals surface area contributed by atoms with Crippen LogP contribution in [0.5, 0.6) is 0 Å². The number of aromatic nitrogens is 2. The van der Waals surface area contributed by atoms with E-state index in [2.05, 4.69) is 10.2 Å². The molecule has 1 aliphatic carbocycles. The summed E-state index contributed by atoms with van der Waals surface area (Å²) in [6.45, 7) is 0. The standard InChI is InChI=1S/C13H9ClN2O2/c14-12-10(13(17)18)9-6-5-7-3-1-2-4-8(7)11(9)15-16-12/h1-4H,5-6H2,(H,17,18). The Morgan fingerprint density at radius 1 is 1.22 bits per heavy atom. The monoisotopic (exact) mass is 260 g/mol. The number of carbonyl (C=O) groups is 1. The van der Waals surface area contributed by atoms with Gasteiger partial charge in [0, 0.05) is 5.56 Å². The molecule has 2 aromatic rings. The van der Waals surface area contributed by atoms with Gasteiger partial charge in [0.05, 0.1) is 5.69 Å². The number of hydrogen-bond donors (Lipinski definition) is 1. The molecule has 0 amide bonds. The zero-order valence-electron chi connectivity index (χ0n) is 9.35. The van der Waals surface area contributed by atoms with Crippen LogP contribution in [0.4, 0.5) is 0 Å². The van der Waals surface area contributed by atoms with Crippen LogP contribution in [-0.2, 0) is 12.8 Å². The number of carboxylic acids is 1. The minimum Gasteiger partial charge on any atom is -0.478 e. The van der Waals surface area contributed by atoms with Crippen LogP contribution in [-0.4, -0.2) is 21.3 Å². The third kappa shape index (κ3) is 1.57. The number of halogens is 1. The Bertz CT molecular complexity index is 655. The maximum absolute atomic E-state index is 11.3. The highest BCUT2D eigenvalue weighted by Crippen LogP contribution is 2.34. The fourth-order valence-electron chi connectivity index (χ4n) is 2.35. The van der Waals surface area contributed by atoms with Crippen LogP contribution < -0.4 is 0 Å². The maximum Gasteiger partial charge on any atom is 0.339 e. The second kappa shape index (κ2) is 4.07. The van der Waals surface area contributed by atoms with Crippen LogP contribution in [0.25, 0.3) is 11.3 Å². The molecule has 0 saturated heterocycles. The number of benzene rings is 1. The van der Waals surface area contributed by atoms with Crippen molar-refractivity contribution in [2.45, 2.75) is 12.8 Å². The average Bonchev–Trinajstić information content (AvgIpc) is 2.37. The predicted octanol–water partition coefficient (Wildman–Crippen LogP) is 2.59. The van der Waals surface area contributed by atoms with E-state index in [0.717, 1.165) is 17.5 Å². The Morgan fingerprint density at radius 3 is 2.78 bits per heavy atom. The highest BCUT2D eigenvalue weighted by atomic mass is 35.5. The highest BCUT2D eigenvalue weighted by Gasteiger charge is 2.25. The molecule has 0 radical (unpaired) electrons. The molecule has 18 heavy (non-hydrogen) atoms. The predicted molar refractivity (Wildman–Crippen MR) is 66.8 cm³/mol. The van der Waals surface area contributed by atoms with E-state index in [1.54, 1.807) is 0 Å². The summed E-state index contributed by atoms with van der Waals surface area (Å²) in [6.07, 6.45) is 1.43. The van der Waals surface area contributed by atoms with E-state index in [0.29, 0.717) is 17.7 Å². The molecule has 4 nitrogen and oxygen atoms in total. The van der Waals surface area contributed by atoms with E-state index in [1.807, 2.05) is 24.3 Å². The third-order valence-electron chi connectivity index (χ3n) is 3.16. The van der Waals surface area contributed by atoms with Crippen LogP contribution >= 0.6 is 11.6 Å². The molecule has 1 aromatic carbocycles. The van der Waals surface area contributed by atoms with Crippen molar-refractivity contribution in [3.63, 3.8) is 0 Å². The lowest BCUT2D eigenvalue weighted by atomic mass is 9.87. The molecular weight excluding hydrogens is 252 g/mol. The van der Waals surface area contributed by atoms with Crippen molar-refractivity contribution in [2.24, 2.45) is 0 Å². The molecule has 0 unspecified atom stereocenters. The first-order valence-electron chi connectivity index (χ1n) is 5.55. The normalized spacial score (nSPS) is 12.7. The lowest BCUT2D eigenvalue weighted by molar-refractivity contribution is 0.0695. The molecule has 0 fully saturated rings. The first kappa shape index (κ1) is 11.2. The summed E-state index contributed by atoms with van der Waals surface area (Å²) in [5.41, 5.74) is 3.51. The van der Waals surface area contributed by atoms with Gasteiger partial charge < -0.3 is 5.11 Å². The highest BCUT2D eigenvalue weighted by molar-refractivity contribution is 6.32. The van der Waals surface area contributed by atoms with E-state index >= 15 is 0 Å². The molecule has 1 aromatic heterocycles.